The van der Waals surface area contributed by atoms with Crippen LogP contribution < -0.4 is 5.32 Å². The van der Waals surface area contributed by atoms with Crippen LogP contribution in [0, 0.1) is 13.8 Å². The second-order valence-corrected chi connectivity index (χ2v) is 6.25. The number of nitrogens with zero attached hydrogens (tertiary/aromatic N) is 1. The number of alkyl halides is 1. The second-order valence-electron chi connectivity index (χ2n) is 5.87. The van der Waals surface area contributed by atoms with Gasteiger partial charge in [0.15, 0.2) is 0 Å². The number of benzene rings is 1. The molecule has 0 bridgehead atoms. The van der Waals surface area contributed by atoms with E-state index in [1.165, 1.54) is 5.56 Å². The van der Waals surface area contributed by atoms with Gasteiger partial charge in [-0.1, -0.05) is 6.07 Å². The average Bonchev–Trinajstić information content (AvgIpc) is 2.50. The highest BCUT2D eigenvalue weighted by molar-refractivity contribution is 6.18. The van der Waals surface area contributed by atoms with Gasteiger partial charge >= 0.3 is 0 Å². The molecule has 2 amide bonds. The molecule has 0 aliphatic carbocycles. The first-order valence-electron chi connectivity index (χ1n) is 7.73. The Morgan fingerprint density at radius 3 is 2.50 bits per heavy atom. The molecule has 0 aromatic heterocycles. The largest absolute Gasteiger partial charge is 0.353 e. The number of aryl methyl sites for hydroxylation is 2. The van der Waals surface area contributed by atoms with Crippen molar-refractivity contribution in [3.63, 3.8) is 0 Å². The number of carbonyl (C=O) groups excluding carboxylic acids is 2. The Hall–Kier alpha value is -1.55. The minimum Gasteiger partial charge on any atom is -0.353 e. The van der Waals surface area contributed by atoms with Crippen LogP contribution in [0.3, 0.4) is 0 Å². The number of nitrogens with one attached hydrogen (secondary N) is 1. The Bertz CT molecular complexity index is 552. The van der Waals surface area contributed by atoms with Gasteiger partial charge in [-0.3, -0.25) is 9.59 Å². The number of hydrogen-bond acceptors (Lipinski definition) is 2. The Morgan fingerprint density at radius 2 is 1.91 bits per heavy atom. The fourth-order valence-corrected chi connectivity index (χ4v) is 2.84. The van der Waals surface area contributed by atoms with Crippen LogP contribution in [-0.4, -0.2) is 41.7 Å². The maximum atomic E-state index is 12.5. The van der Waals surface area contributed by atoms with E-state index < -0.39 is 0 Å². The first-order valence-corrected chi connectivity index (χ1v) is 8.26. The molecule has 1 aliphatic heterocycles. The number of piperidine rings is 1. The molecule has 1 aromatic carbocycles. The van der Waals surface area contributed by atoms with Crippen molar-refractivity contribution in [3.8, 4) is 0 Å². The Labute approximate surface area is 136 Å². The van der Waals surface area contributed by atoms with Crippen LogP contribution in [0.25, 0.3) is 0 Å². The van der Waals surface area contributed by atoms with Crippen molar-refractivity contribution in [2.75, 3.05) is 19.0 Å². The zero-order chi connectivity index (χ0) is 16.1. The summed E-state index contributed by atoms with van der Waals surface area (Å²) in [5.74, 6) is 0.415. The monoisotopic (exact) mass is 322 g/mol. The molecular formula is C17H23ClN2O2. The molecule has 1 aromatic rings. The molecule has 1 fully saturated rings. The van der Waals surface area contributed by atoms with Gasteiger partial charge in [0.2, 0.25) is 5.91 Å². The topological polar surface area (TPSA) is 49.4 Å². The minimum absolute atomic E-state index is 0.00561. The lowest BCUT2D eigenvalue weighted by molar-refractivity contribution is -0.121. The normalized spacial score (nSPS) is 15.7. The summed E-state index contributed by atoms with van der Waals surface area (Å²) in [6.45, 7) is 5.42. The molecule has 1 aliphatic rings. The average molecular weight is 323 g/mol. The maximum Gasteiger partial charge on any atom is 0.253 e. The van der Waals surface area contributed by atoms with Crippen LogP contribution in [0.15, 0.2) is 18.2 Å². The summed E-state index contributed by atoms with van der Waals surface area (Å²) in [5.41, 5.74) is 3.07. The molecule has 0 unspecified atom stereocenters. The lowest BCUT2D eigenvalue weighted by Crippen LogP contribution is -2.46. The summed E-state index contributed by atoms with van der Waals surface area (Å²) in [7, 11) is 0. The zero-order valence-corrected chi connectivity index (χ0v) is 13.9. The highest BCUT2D eigenvalue weighted by Gasteiger charge is 2.24. The molecular weight excluding hydrogens is 300 g/mol. The van der Waals surface area contributed by atoms with E-state index in [2.05, 4.69) is 5.32 Å². The summed E-state index contributed by atoms with van der Waals surface area (Å²) in [5, 5.41) is 2.97. The third-order valence-corrected chi connectivity index (χ3v) is 4.41. The van der Waals surface area contributed by atoms with E-state index in [0.717, 1.165) is 24.0 Å². The summed E-state index contributed by atoms with van der Waals surface area (Å²) in [6.07, 6.45) is 1.94. The highest BCUT2D eigenvalue weighted by Crippen LogP contribution is 2.16. The maximum absolute atomic E-state index is 12.5. The number of carbonyl (C=O) groups is 2. The molecule has 5 heteroatoms. The van der Waals surface area contributed by atoms with Crippen molar-refractivity contribution in [2.24, 2.45) is 0 Å². The molecule has 1 saturated heterocycles. The third-order valence-electron chi connectivity index (χ3n) is 4.22. The summed E-state index contributed by atoms with van der Waals surface area (Å²) in [4.78, 5) is 25.9. The van der Waals surface area contributed by atoms with Crippen LogP contribution in [0.1, 0.15) is 40.7 Å². The molecule has 0 atom stereocenters. The quantitative estimate of drug-likeness (QED) is 0.866. The number of rotatable bonds is 4. The fraction of sp³-hybridized carbons (Fsp3) is 0.529. The molecule has 1 heterocycles. The first kappa shape index (κ1) is 16.8. The van der Waals surface area contributed by atoms with Gasteiger partial charge in [-0.25, -0.2) is 0 Å². The second kappa shape index (κ2) is 7.63. The van der Waals surface area contributed by atoms with Gasteiger partial charge in [-0.2, -0.15) is 0 Å². The van der Waals surface area contributed by atoms with Crippen molar-refractivity contribution in [1.29, 1.82) is 0 Å². The van der Waals surface area contributed by atoms with Gasteiger partial charge in [-0.15, -0.1) is 11.6 Å². The number of likely N-dealkylation sites (tertiary alicyclic amines) is 1. The van der Waals surface area contributed by atoms with Gasteiger partial charge in [0.05, 0.1) is 0 Å². The van der Waals surface area contributed by atoms with Gasteiger partial charge in [0.1, 0.15) is 0 Å². The number of halogens is 1. The molecule has 0 radical (unpaired) electrons. The summed E-state index contributed by atoms with van der Waals surface area (Å²) in [6, 6.07) is 5.98. The Balaban J connectivity index is 1.89. The van der Waals surface area contributed by atoms with Crippen molar-refractivity contribution < 1.29 is 9.59 Å². The van der Waals surface area contributed by atoms with E-state index in [-0.39, 0.29) is 17.9 Å². The molecule has 0 spiro atoms. The first-order chi connectivity index (χ1) is 10.5. The van der Waals surface area contributed by atoms with Gasteiger partial charge in [0.25, 0.3) is 5.91 Å². The van der Waals surface area contributed by atoms with E-state index >= 15 is 0 Å². The summed E-state index contributed by atoms with van der Waals surface area (Å²) < 4.78 is 0. The van der Waals surface area contributed by atoms with Crippen LogP contribution in [-0.2, 0) is 4.79 Å². The SMILES string of the molecule is Cc1ccc(C(=O)N2CCC(NC(=O)CCCl)CC2)cc1C. The lowest BCUT2D eigenvalue weighted by atomic mass is 10.0. The van der Waals surface area contributed by atoms with E-state index in [1.807, 2.05) is 36.9 Å². The lowest BCUT2D eigenvalue weighted by Gasteiger charge is -2.32. The molecule has 22 heavy (non-hydrogen) atoms. The Morgan fingerprint density at radius 1 is 1.23 bits per heavy atom. The number of hydrogen-bond donors (Lipinski definition) is 1. The summed E-state index contributed by atoms with van der Waals surface area (Å²) >= 11 is 5.56. The fourth-order valence-electron chi connectivity index (χ4n) is 2.67. The van der Waals surface area contributed by atoms with Crippen molar-refractivity contribution in [2.45, 2.75) is 39.2 Å². The van der Waals surface area contributed by atoms with Crippen LogP contribution in [0.2, 0.25) is 0 Å². The highest BCUT2D eigenvalue weighted by atomic mass is 35.5. The van der Waals surface area contributed by atoms with Gasteiger partial charge < -0.3 is 10.2 Å². The molecule has 120 valence electrons. The van der Waals surface area contributed by atoms with Gasteiger partial charge in [-0.05, 0) is 49.9 Å². The zero-order valence-electron chi connectivity index (χ0n) is 13.2. The van der Waals surface area contributed by atoms with E-state index in [1.54, 1.807) is 0 Å². The Kier molecular flexibility index (Phi) is 5.83. The van der Waals surface area contributed by atoms with Crippen molar-refractivity contribution >= 4 is 23.4 Å². The van der Waals surface area contributed by atoms with E-state index in [0.29, 0.717) is 25.4 Å². The smallest absolute Gasteiger partial charge is 0.253 e. The minimum atomic E-state index is -0.00561. The predicted octanol–water partition coefficient (Wildman–Crippen LogP) is 2.65. The van der Waals surface area contributed by atoms with Crippen LogP contribution in [0.4, 0.5) is 0 Å². The molecule has 4 nitrogen and oxygen atoms in total. The molecule has 0 saturated carbocycles. The standard InChI is InChI=1S/C17H23ClN2O2/c1-12-3-4-14(11-13(12)2)17(22)20-9-6-15(7-10-20)19-16(21)5-8-18/h3-4,11,15H,5-10H2,1-2H3,(H,19,21). The molecule has 2 rings (SSSR count). The van der Waals surface area contributed by atoms with Crippen molar-refractivity contribution in [1.82, 2.24) is 10.2 Å². The van der Waals surface area contributed by atoms with E-state index in [4.69, 9.17) is 11.6 Å². The van der Waals surface area contributed by atoms with E-state index in [9.17, 15) is 9.59 Å². The predicted molar refractivity (Wildman–Crippen MR) is 88.3 cm³/mol. The van der Waals surface area contributed by atoms with Crippen LogP contribution >= 0.6 is 11.6 Å². The van der Waals surface area contributed by atoms with Gasteiger partial charge in [0, 0.05) is 37.0 Å². The van der Waals surface area contributed by atoms with Crippen molar-refractivity contribution in [3.05, 3.63) is 34.9 Å². The van der Waals surface area contributed by atoms with Crippen LogP contribution in [0.5, 0.6) is 0 Å². The number of amides is 2. The molecule has 1 N–H and O–H groups in total. The third kappa shape index (κ3) is 4.23.